The highest BCUT2D eigenvalue weighted by Crippen LogP contribution is 2.25. The van der Waals surface area contributed by atoms with Gasteiger partial charge in [0.05, 0.1) is 7.11 Å². The molecule has 6 heteroatoms. The van der Waals surface area contributed by atoms with Gasteiger partial charge in [-0.15, -0.1) is 0 Å². The van der Waals surface area contributed by atoms with Gasteiger partial charge in [-0.1, -0.05) is 24.3 Å². The molecule has 158 valence electrons. The molecule has 6 nitrogen and oxygen atoms in total. The molecule has 0 radical (unpaired) electrons. The van der Waals surface area contributed by atoms with Crippen LogP contribution in [0.3, 0.4) is 0 Å². The fraction of sp³-hybridized carbons (Fsp3) is 0.478. The average molecular weight is 401 g/mol. The largest absolute Gasteiger partial charge is 0.497 e. The maximum Gasteiger partial charge on any atom is 0.127 e. The van der Waals surface area contributed by atoms with Crippen LogP contribution in [0.25, 0.3) is 0 Å². The summed E-state index contributed by atoms with van der Waals surface area (Å²) < 4.78 is 17.0. The molecule has 0 aromatic heterocycles. The minimum atomic E-state index is -0.501. The van der Waals surface area contributed by atoms with Gasteiger partial charge in [0, 0.05) is 31.3 Å². The number of aliphatic hydroxyl groups excluding tert-OH is 1. The van der Waals surface area contributed by atoms with E-state index in [-0.39, 0.29) is 6.61 Å². The molecule has 0 saturated carbocycles. The zero-order valence-electron chi connectivity index (χ0n) is 17.2. The van der Waals surface area contributed by atoms with Crippen LogP contribution in [0.5, 0.6) is 17.2 Å². The molecule has 2 aromatic carbocycles. The summed E-state index contributed by atoms with van der Waals surface area (Å²) >= 11 is 0. The van der Waals surface area contributed by atoms with Crippen LogP contribution < -0.4 is 19.5 Å². The van der Waals surface area contributed by atoms with Crippen molar-refractivity contribution in [3.63, 3.8) is 0 Å². The van der Waals surface area contributed by atoms with Crippen LogP contribution in [0.1, 0.15) is 18.4 Å². The van der Waals surface area contributed by atoms with E-state index in [1.807, 2.05) is 48.5 Å². The number of para-hydroxylation sites is 1. The lowest BCUT2D eigenvalue weighted by molar-refractivity contribution is 0.0753. The molecule has 3 rings (SSSR count). The molecule has 0 bridgehead atoms. The van der Waals surface area contributed by atoms with Gasteiger partial charge in [0.1, 0.15) is 36.6 Å². The van der Waals surface area contributed by atoms with E-state index in [0.29, 0.717) is 19.7 Å². The van der Waals surface area contributed by atoms with E-state index in [1.165, 1.54) is 12.8 Å². The van der Waals surface area contributed by atoms with Gasteiger partial charge in [0.2, 0.25) is 0 Å². The Morgan fingerprint density at radius 1 is 1.03 bits per heavy atom. The lowest BCUT2D eigenvalue weighted by Gasteiger charge is -2.20. The first-order valence-electron chi connectivity index (χ1n) is 10.3. The van der Waals surface area contributed by atoms with E-state index >= 15 is 0 Å². The van der Waals surface area contributed by atoms with Crippen molar-refractivity contribution in [1.29, 1.82) is 0 Å². The van der Waals surface area contributed by atoms with Crippen LogP contribution in [-0.4, -0.2) is 62.6 Å². The molecule has 1 atom stereocenters. The second-order valence-electron chi connectivity index (χ2n) is 7.28. The minimum absolute atomic E-state index is 0.272. The van der Waals surface area contributed by atoms with Crippen molar-refractivity contribution in [2.75, 3.05) is 46.5 Å². The van der Waals surface area contributed by atoms with Crippen LogP contribution in [0, 0.1) is 0 Å². The van der Waals surface area contributed by atoms with Gasteiger partial charge in [-0.25, -0.2) is 0 Å². The molecule has 1 aliphatic heterocycles. The number of methoxy groups -OCH3 is 1. The van der Waals surface area contributed by atoms with Crippen LogP contribution in [0.4, 0.5) is 0 Å². The summed E-state index contributed by atoms with van der Waals surface area (Å²) in [6, 6.07) is 15.6. The predicted octanol–water partition coefficient (Wildman–Crippen LogP) is 2.70. The molecule has 0 spiro atoms. The van der Waals surface area contributed by atoms with Crippen molar-refractivity contribution in [3.8, 4) is 17.2 Å². The molecule has 1 aliphatic rings. The van der Waals surface area contributed by atoms with Crippen molar-refractivity contribution in [2.45, 2.75) is 25.5 Å². The molecule has 1 saturated heterocycles. The first-order valence-corrected chi connectivity index (χ1v) is 10.3. The number of β-amino-alcohol motifs (C(OH)–C–C–N with tert-alkyl or cyclic N) is 1. The van der Waals surface area contributed by atoms with E-state index in [1.54, 1.807) is 7.11 Å². The van der Waals surface area contributed by atoms with Crippen molar-refractivity contribution >= 4 is 0 Å². The maximum atomic E-state index is 10.3. The number of rotatable bonds is 12. The zero-order chi connectivity index (χ0) is 20.3. The van der Waals surface area contributed by atoms with E-state index in [2.05, 4.69) is 10.2 Å². The Morgan fingerprint density at radius 2 is 1.83 bits per heavy atom. The van der Waals surface area contributed by atoms with Gasteiger partial charge in [0.15, 0.2) is 0 Å². The van der Waals surface area contributed by atoms with E-state index in [4.69, 9.17) is 14.2 Å². The Kier molecular flexibility index (Phi) is 8.61. The fourth-order valence-electron chi connectivity index (χ4n) is 3.42. The first-order chi connectivity index (χ1) is 14.2. The number of benzene rings is 2. The van der Waals surface area contributed by atoms with Gasteiger partial charge >= 0.3 is 0 Å². The topological polar surface area (TPSA) is 63.2 Å². The summed E-state index contributed by atoms with van der Waals surface area (Å²) in [4.78, 5) is 2.29. The van der Waals surface area contributed by atoms with Crippen LogP contribution in [-0.2, 0) is 6.54 Å². The second kappa shape index (κ2) is 11.7. The Hall–Kier alpha value is -2.28. The van der Waals surface area contributed by atoms with E-state index in [0.717, 1.165) is 42.4 Å². The standard InChI is InChI=1S/C23H32N2O4/c1-27-22-10-9-19(16-24-11-14-28-21-7-3-2-4-8-21)23(15-22)29-18-20(26)17-25-12-5-6-13-25/h2-4,7-10,15,20,24,26H,5-6,11-14,16-18H2,1H3. The molecular formula is C23H32N2O4. The summed E-state index contributed by atoms with van der Waals surface area (Å²) in [6.45, 7) is 5.03. The van der Waals surface area contributed by atoms with Gasteiger partial charge < -0.3 is 29.5 Å². The Bertz CT molecular complexity index is 720. The molecule has 1 fully saturated rings. The van der Waals surface area contributed by atoms with Gasteiger partial charge in [-0.05, 0) is 44.1 Å². The molecular weight excluding hydrogens is 368 g/mol. The number of nitrogens with zero attached hydrogens (tertiary/aromatic N) is 1. The van der Waals surface area contributed by atoms with Gasteiger partial charge in [-0.2, -0.15) is 0 Å². The third kappa shape index (κ3) is 7.24. The summed E-state index contributed by atoms with van der Waals surface area (Å²) in [5, 5.41) is 13.7. The third-order valence-electron chi connectivity index (χ3n) is 4.98. The number of hydrogen-bond acceptors (Lipinski definition) is 6. The highest BCUT2D eigenvalue weighted by Gasteiger charge is 2.17. The Labute approximate surface area is 173 Å². The molecule has 2 N–H and O–H groups in total. The molecule has 2 aromatic rings. The predicted molar refractivity (Wildman–Crippen MR) is 114 cm³/mol. The summed E-state index contributed by atoms with van der Waals surface area (Å²) in [5.74, 6) is 2.35. The van der Waals surface area contributed by atoms with Crippen LogP contribution >= 0.6 is 0 Å². The van der Waals surface area contributed by atoms with Crippen LogP contribution in [0.2, 0.25) is 0 Å². The molecule has 0 aliphatic carbocycles. The number of hydrogen-bond donors (Lipinski definition) is 2. The smallest absolute Gasteiger partial charge is 0.127 e. The normalized spacial score (nSPS) is 15.2. The van der Waals surface area contributed by atoms with E-state index < -0.39 is 6.10 Å². The van der Waals surface area contributed by atoms with Crippen molar-refractivity contribution in [1.82, 2.24) is 10.2 Å². The molecule has 0 amide bonds. The lowest BCUT2D eigenvalue weighted by Crippen LogP contribution is -2.33. The maximum absolute atomic E-state index is 10.3. The van der Waals surface area contributed by atoms with Crippen LogP contribution in [0.15, 0.2) is 48.5 Å². The highest BCUT2D eigenvalue weighted by atomic mass is 16.5. The number of nitrogens with one attached hydrogen (secondary N) is 1. The van der Waals surface area contributed by atoms with E-state index in [9.17, 15) is 5.11 Å². The fourth-order valence-corrected chi connectivity index (χ4v) is 3.42. The lowest BCUT2D eigenvalue weighted by atomic mass is 10.2. The van der Waals surface area contributed by atoms with Crippen molar-refractivity contribution in [2.24, 2.45) is 0 Å². The number of ether oxygens (including phenoxy) is 3. The SMILES string of the molecule is COc1ccc(CNCCOc2ccccc2)c(OCC(O)CN2CCCC2)c1. The third-order valence-corrected chi connectivity index (χ3v) is 4.98. The highest BCUT2D eigenvalue weighted by molar-refractivity contribution is 5.40. The van der Waals surface area contributed by atoms with Crippen molar-refractivity contribution in [3.05, 3.63) is 54.1 Å². The number of likely N-dealkylation sites (tertiary alicyclic amines) is 1. The second-order valence-corrected chi connectivity index (χ2v) is 7.28. The Morgan fingerprint density at radius 3 is 2.59 bits per heavy atom. The molecule has 29 heavy (non-hydrogen) atoms. The molecule has 1 heterocycles. The monoisotopic (exact) mass is 400 g/mol. The average Bonchev–Trinajstić information content (AvgIpc) is 3.26. The first kappa shape index (κ1) is 21.4. The Balaban J connectivity index is 1.45. The molecule has 1 unspecified atom stereocenters. The summed E-state index contributed by atoms with van der Waals surface area (Å²) in [7, 11) is 1.64. The van der Waals surface area contributed by atoms with Gasteiger partial charge in [0.25, 0.3) is 0 Å². The number of aliphatic hydroxyl groups is 1. The van der Waals surface area contributed by atoms with Gasteiger partial charge in [-0.3, -0.25) is 0 Å². The summed E-state index contributed by atoms with van der Waals surface area (Å²) in [6.07, 6.45) is 1.93. The zero-order valence-corrected chi connectivity index (χ0v) is 17.2. The van der Waals surface area contributed by atoms with Crippen molar-refractivity contribution < 1.29 is 19.3 Å². The quantitative estimate of drug-likeness (QED) is 0.534. The summed E-state index contributed by atoms with van der Waals surface area (Å²) in [5.41, 5.74) is 1.03. The minimum Gasteiger partial charge on any atom is -0.497 e.